The molecule has 1 fully saturated rings. The fraction of sp³-hybridized carbons (Fsp3) is 0.231. The van der Waals surface area contributed by atoms with Crippen LogP contribution in [-0.4, -0.2) is 47.2 Å². The molecule has 0 radical (unpaired) electrons. The van der Waals surface area contributed by atoms with E-state index in [9.17, 15) is 9.18 Å². The van der Waals surface area contributed by atoms with E-state index in [1.165, 1.54) is 12.1 Å². The van der Waals surface area contributed by atoms with E-state index in [1.54, 1.807) is 12.1 Å². The Bertz CT molecular complexity index is 1180. The molecule has 3 aromatic carbocycles. The molecule has 32 heavy (non-hydrogen) atoms. The van der Waals surface area contributed by atoms with Crippen LogP contribution in [0.5, 0.6) is 11.5 Å². The van der Waals surface area contributed by atoms with Crippen LogP contribution in [0, 0.1) is 5.82 Å². The molecular weight excluding hydrogens is 405 g/mol. The lowest BCUT2D eigenvalue weighted by Gasteiger charge is -2.41. The average molecular weight is 429 g/mol. The normalized spacial score (nSPS) is 17.6. The predicted octanol–water partition coefficient (Wildman–Crippen LogP) is 4.79. The van der Waals surface area contributed by atoms with Gasteiger partial charge in [0, 0.05) is 25.7 Å². The van der Waals surface area contributed by atoms with Crippen LogP contribution in [0.3, 0.4) is 0 Å². The number of halogens is 1. The summed E-state index contributed by atoms with van der Waals surface area (Å²) >= 11 is 0. The van der Waals surface area contributed by atoms with Crippen molar-refractivity contribution in [1.29, 1.82) is 0 Å². The number of hydrogen-bond acceptors (Lipinski definition) is 4. The fourth-order valence-corrected chi connectivity index (χ4v) is 4.31. The molecule has 2 aliphatic rings. The zero-order chi connectivity index (χ0) is 22.1. The van der Waals surface area contributed by atoms with E-state index in [0.717, 1.165) is 34.1 Å². The van der Waals surface area contributed by atoms with Gasteiger partial charge in [-0.25, -0.2) is 9.38 Å². The van der Waals surface area contributed by atoms with Crippen molar-refractivity contribution >= 4 is 17.4 Å². The van der Waals surface area contributed by atoms with Crippen LogP contribution in [0.2, 0.25) is 0 Å². The standard InChI is InChI=1S/C26H24FN3O2/c1-18-17-29(14-15-30(18)25(31)16-19-10-12-20(27)13-11-19)26-21-6-2-4-8-23(21)32-24-9-5-3-7-22(24)28-26/h2-13,18H,14-17H2,1H3. The van der Waals surface area contributed by atoms with E-state index in [1.807, 2.05) is 53.4 Å². The third-order valence-corrected chi connectivity index (χ3v) is 5.96. The molecule has 2 heterocycles. The molecule has 3 aromatic rings. The topological polar surface area (TPSA) is 45.1 Å². The van der Waals surface area contributed by atoms with E-state index in [0.29, 0.717) is 19.6 Å². The predicted molar refractivity (Wildman–Crippen MR) is 122 cm³/mol. The first-order valence-corrected chi connectivity index (χ1v) is 10.8. The lowest BCUT2D eigenvalue weighted by atomic mass is 10.1. The second kappa shape index (κ2) is 8.46. The summed E-state index contributed by atoms with van der Waals surface area (Å²) in [4.78, 5) is 22.0. The molecular formula is C26H24FN3O2. The maximum atomic E-state index is 13.2. The number of benzene rings is 3. The van der Waals surface area contributed by atoms with Crippen LogP contribution in [-0.2, 0) is 11.2 Å². The van der Waals surface area contributed by atoms with Crippen molar-refractivity contribution in [2.24, 2.45) is 4.99 Å². The SMILES string of the molecule is CC1CN(C2=Nc3ccccc3Oc3ccccc32)CCN1C(=O)Cc1ccc(F)cc1. The van der Waals surface area contributed by atoms with Gasteiger partial charge in [0.05, 0.1) is 12.0 Å². The number of piperazine rings is 1. The Morgan fingerprint density at radius 1 is 1.00 bits per heavy atom. The Balaban J connectivity index is 1.37. The summed E-state index contributed by atoms with van der Waals surface area (Å²) in [5.41, 5.74) is 2.56. The molecule has 0 spiro atoms. The third kappa shape index (κ3) is 3.96. The van der Waals surface area contributed by atoms with Crippen molar-refractivity contribution in [3.63, 3.8) is 0 Å². The van der Waals surface area contributed by atoms with E-state index in [2.05, 4.69) is 11.8 Å². The van der Waals surface area contributed by atoms with Crippen LogP contribution in [0.1, 0.15) is 18.1 Å². The van der Waals surface area contributed by atoms with Gasteiger partial charge in [0.25, 0.3) is 0 Å². The molecule has 0 bridgehead atoms. The number of amidine groups is 1. The van der Waals surface area contributed by atoms with Crippen LogP contribution < -0.4 is 4.74 Å². The number of fused-ring (bicyclic) bond motifs is 2. The smallest absolute Gasteiger partial charge is 0.227 e. The molecule has 1 amide bonds. The molecule has 6 heteroatoms. The Morgan fingerprint density at radius 3 is 2.50 bits per heavy atom. The van der Waals surface area contributed by atoms with Crippen LogP contribution in [0.25, 0.3) is 0 Å². The van der Waals surface area contributed by atoms with Gasteiger partial charge in [0.1, 0.15) is 23.1 Å². The molecule has 5 nitrogen and oxygen atoms in total. The number of rotatable bonds is 2. The van der Waals surface area contributed by atoms with Crippen molar-refractivity contribution in [2.45, 2.75) is 19.4 Å². The summed E-state index contributed by atoms with van der Waals surface area (Å²) in [5.74, 6) is 2.14. The molecule has 0 aromatic heterocycles. The second-order valence-corrected chi connectivity index (χ2v) is 8.19. The van der Waals surface area contributed by atoms with Gasteiger partial charge in [-0.15, -0.1) is 0 Å². The molecule has 1 atom stereocenters. The van der Waals surface area contributed by atoms with Gasteiger partial charge < -0.3 is 14.5 Å². The van der Waals surface area contributed by atoms with Gasteiger partial charge in [0.15, 0.2) is 5.75 Å². The highest BCUT2D eigenvalue weighted by molar-refractivity contribution is 6.03. The number of amides is 1. The van der Waals surface area contributed by atoms with E-state index < -0.39 is 0 Å². The van der Waals surface area contributed by atoms with Crippen molar-refractivity contribution in [3.8, 4) is 11.5 Å². The van der Waals surface area contributed by atoms with Gasteiger partial charge in [-0.05, 0) is 48.9 Å². The minimum absolute atomic E-state index is 0.0194. The summed E-state index contributed by atoms with van der Waals surface area (Å²) in [6.07, 6.45) is 0.273. The van der Waals surface area contributed by atoms with Gasteiger partial charge in [-0.1, -0.05) is 36.4 Å². The van der Waals surface area contributed by atoms with E-state index in [-0.39, 0.29) is 24.2 Å². The minimum Gasteiger partial charge on any atom is -0.454 e. The number of aliphatic imine (C=N–C) groups is 1. The zero-order valence-corrected chi connectivity index (χ0v) is 17.9. The Labute approximate surface area is 186 Å². The minimum atomic E-state index is -0.293. The average Bonchev–Trinajstić information content (AvgIpc) is 2.97. The lowest BCUT2D eigenvalue weighted by molar-refractivity contribution is -0.134. The number of hydrogen-bond donors (Lipinski definition) is 0. The van der Waals surface area contributed by atoms with Crippen LogP contribution in [0.15, 0.2) is 77.8 Å². The summed E-state index contributed by atoms with van der Waals surface area (Å²) in [6.45, 7) is 4.01. The first-order valence-electron chi connectivity index (χ1n) is 10.8. The number of ether oxygens (including phenoxy) is 1. The summed E-state index contributed by atoms with van der Waals surface area (Å²) in [5, 5.41) is 0. The Morgan fingerprint density at radius 2 is 1.72 bits per heavy atom. The summed E-state index contributed by atoms with van der Waals surface area (Å²) in [6, 6.07) is 21.8. The molecule has 1 saturated heterocycles. The quantitative estimate of drug-likeness (QED) is 0.589. The fourth-order valence-electron chi connectivity index (χ4n) is 4.31. The summed E-state index contributed by atoms with van der Waals surface area (Å²) < 4.78 is 19.3. The maximum Gasteiger partial charge on any atom is 0.227 e. The maximum absolute atomic E-state index is 13.2. The molecule has 2 aliphatic heterocycles. The number of carbonyl (C=O) groups is 1. The first kappa shape index (κ1) is 20.2. The molecule has 0 aliphatic carbocycles. The second-order valence-electron chi connectivity index (χ2n) is 8.19. The van der Waals surface area contributed by atoms with E-state index in [4.69, 9.17) is 9.73 Å². The molecule has 0 saturated carbocycles. The Hall–Kier alpha value is -3.67. The molecule has 0 N–H and O–H groups in total. The number of para-hydroxylation sites is 3. The van der Waals surface area contributed by atoms with Crippen molar-refractivity contribution in [1.82, 2.24) is 9.80 Å². The van der Waals surface area contributed by atoms with Crippen molar-refractivity contribution in [2.75, 3.05) is 19.6 Å². The third-order valence-electron chi connectivity index (χ3n) is 5.96. The van der Waals surface area contributed by atoms with Crippen molar-refractivity contribution < 1.29 is 13.9 Å². The number of carbonyl (C=O) groups excluding carboxylic acids is 1. The molecule has 162 valence electrons. The highest BCUT2D eigenvalue weighted by atomic mass is 19.1. The Kier molecular flexibility index (Phi) is 5.35. The number of nitrogens with zero attached hydrogens (tertiary/aromatic N) is 3. The van der Waals surface area contributed by atoms with Gasteiger partial charge in [-0.2, -0.15) is 0 Å². The van der Waals surface area contributed by atoms with Crippen LogP contribution >= 0.6 is 0 Å². The van der Waals surface area contributed by atoms with E-state index >= 15 is 0 Å². The van der Waals surface area contributed by atoms with Gasteiger partial charge in [0.2, 0.25) is 5.91 Å². The van der Waals surface area contributed by atoms with Gasteiger partial charge >= 0.3 is 0 Å². The first-order chi connectivity index (χ1) is 15.6. The van der Waals surface area contributed by atoms with Crippen LogP contribution in [0.4, 0.5) is 10.1 Å². The van der Waals surface area contributed by atoms with Gasteiger partial charge in [-0.3, -0.25) is 4.79 Å². The van der Waals surface area contributed by atoms with Crippen molar-refractivity contribution in [3.05, 3.63) is 89.7 Å². The largest absolute Gasteiger partial charge is 0.454 e. The highest BCUT2D eigenvalue weighted by Crippen LogP contribution is 2.38. The lowest BCUT2D eigenvalue weighted by Crippen LogP contribution is -2.55. The highest BCUT2D eigenvalue weighted by Gasteiger charge is 2.31. The molecule has 5 rings (SSSR count). The summed E-state index contributed by atoms with van der Waals surface area (Å²) in [7, 11) is 0. The molecule has 1 unspecified atom stereocenters. The monoisotopic (exact) mass is 429 g/mol. The zero-order valence-electron chi connectivity index (χ0n) is 17.9.